The van der Waals surface area contributed by atoms with Gasteiger partial charge in [-0.15, -0.1) is 11.3 Å². The van der Waals surface area contributed by atoms with Crippen LogP contribution in [-0.2, 0) is 17.8 Å². The Kier molecular flexibility index (Phi) is 4.59. The smallest absolute Gasteiger partial charge is 0.355 e. The number of carboxylic acids is 1. The van der Waals surface area contributed by atoms with Crippen molar-refractivity contribution in [3.05, 3.63) is 51.5 Å². The predicted molar refractivity (Wildman–Crippen MR) is 71.0 cm³/mol. The van der Waals surface area contributed by atoms with Gasteiger partial charge in [-0.1, -0.05) is 0 Å². The van der Waals surface area contributed by atoms with E-state index >= 15 is 0 Å². The zero-order valence-electron chi connectivity index (χ0n) is 10.6. The molecule has 0 aliphatic rings. The van der Waals surface area contributed by atoms with Crippen molar-refractivity contribution in [1.82, 2.24) is 10.3 Å². The Bertz CT molecular complexity index is 688. The Morgan fingerprint density at radius 2 is 2.10 bits per heavy atom. The number of hydrogen-bond donors (Lipinski definition) is 2. The van der Waals surface area contributed by atoms with Gasteiger partial charge in [0.1, 0.15) is 16.6 Å². The topological polar surface area (TPSA) is 79.3 Å². The third kappa shape index (κ3) is 4.06. The molecule has 21 heavy (non-hydrogen) atoms. The fourth-order valence-electron chi connectivity index (χ4n) is 1.58. The number of amides is 1. The molecular formula is C13H10F2N2O3S. The number of aromatic nitrogens is 1. The number of rotatable bonds is 5. The molecule has 2 N–H and O–H groups in total. The molecule has 8 heteroatoms. The standard InChI is InChI=1S/C13H10F2N2O3S/c14-8-1-2-9(15)7(3-8)4-11(18)16-5-12-17-10(6-21-12)13(19)20/h1-3,6H,4-5H2,(H,16,18)(H,19,20). The summed E-state index contributed by atoms with van der Waals surface area (Å²) in [4.78, 5) is 26.1. The van der Waals surface area contributed by atoms with Gasteiger partial charge in [-0.3, -0.25) is 4.79 Å². The minimum Gasteiger partial charge on any atom is -0.476 e. The molecule has 0 fully saturated rings. The molecule has 2 rings (SSSR count). The average molecular weight is 312 g/mol. The second-order valence-corrected chi connectivity index (χ2v) is 5.06. The largest absolute Gasteiger partial charge is 0.476 e. The van der Waals surface area contributed by atoms with E-state index in [1.165, 1.54) is 5.38 Å². The number of nitrogens with one attached hydrogen (secondary N) is 1. The summed E-state index contributed by atoms with van der Waals surface area (Å²) in [5.41, 5.74) is -0.140. The Hall–Kier alpha value is -2.35. The number of carbonyl (C=O) groups excluding carboxylic acids is 1. The fourth-order valence-corrected chi connectivity index (χ4v) is 2.29. The van der Waals surface area contributed by atoms with Crippen molar-refractivity contribution in [1.29, 1.82) is 0 Å². The molecule has 1 heterocycles. The third-order valence-electron chi connectivity index (χ3n) is 2.57. The molecule has 1 aromatic carbocycles. The van der Waals surface area contributed by atoms with Crippen molar-refractivity contribution in [2.24, 2.45) is 0 Å². The summed E-state index contributed by atoms with van der Waals surface area (Å²) in [6.07, 6.45) is -0.305. The van der Waals surface area contributed by atoms with Crippen LogP contribution >= 0.6 is 11.3 Å². The molecule has 5 nitrogen and oxygen atoms in total. The van der Waals surface area contributed by atoms with Crippen LogP contribution < -0.4 is 5.32 Å². The molecular weight excluding hydrogens is 302 g/mol. The lowest BCUT2D eigenvalue weighted by Crippen LogP contribution is -2.25. The van der Waals surface area contributed by atoms with Gasteiger partial charge in [0.05, 0.1) is 13.0 Å². The molecule has 1 amide bonds. The molecule has 0 spiro atoms. The molecule has 0 saturated carbocycles. The molecule has 1 aromatic heterocycles. The summed E-state index contributed by atoms with van der Waals surface area (Å²) in [5, 5.41) is 13.0. The summed E-state index contributed by atoms with van der Waals surface area (Å²) in [5.74, 6) is -2.93. The summed E-state index contributed by atoms with van der Waals surface area (Å²) in [6.45, 7) is 0.0354. The van der Waals surface area contributed by atoms with Crippen molar-refractivity contribution in [2.75, 3.05) is 0 Å². The van der Waals surface area contributed by atoms with Gasteiger partial charge >= 0.3 is 5.97 Å². The zero-order chi connectivity index (χ0) is 15.4. The van der Waals surface area contributed by atoms with Gasteiger partial charge in [-0.25, -0.2) is 18.6 Å². The van der Waals surface area contributed by atoms with Crippen LogP contribution in [0.25, 0.3) is 0 Å². The molecule has 110 valence electrons. The predicted octanol–water partition coefficient (Wildman–Crippen LogP) is 1.98. The van der Waals surface area contributed by atoms with E-state index in [1.54, 1.807) is 0 Å². The van der Waals surface area contributed by atoms with Gasteiger partial charge in [0.25, 0.3) is 0 Å². The lowest BCUT2D eigenvalue weighted by molar-refractivity contribution is -0.120. The van der Waals surface area contributed by atoms with E-state index in [-0.39, 0.29) is 24.2 Å². The van der Waals surface area contributed by atoms with Crippen LogP contribution in [0.4, 0.5) is 8.78 Å². The maximum absolute atomic E-state index is 13.4. The van der Waals surface area contributed by atoms with Crippen LogP contribution in [0.15, 0.2) is 23.6 Å². The first-order chi connectivity index (χ1) is 9.95. The van der Waals surface area contributed by atoms with Gasteiger partial charge in [0.15, 0.2) is 5.69 Å². The monoisotopic (exact) mass is 312 g/mol. The Balaban J connectivity index is 1.92. The molecule has 2 aromatic rings. The highest BCUT2D eigenvalue weighted by Gasteiger charge is 2.12. The molecule has 0 aliphatic carbocycles. The lowest BCUT2D eigenvalue weighted by atomic mass is 10.1. The number of benzene rings is 1. The summed E-state index contributed by atoms with van der Waals surface area (Å²) >= 11 is 1.09. The molecule has 0 unspecified atom stereocenters. The van der Waals surface area contributed by atoms with Crippen molar-refractivity contribution >= 4 is 23.2 Å². The maximum Gasteiger partial charge on any atom is 0.355 e. The summed E-state index contributed by atoms with van der Waals surface area (Å²) in [7, 11) is 0. The highest BCUT2D eigenvalue weighted by atomic mass is 32.1. The zero-order valence-corrected chi connectivity index (χ0v) is 11.4. The van der Waals surface area contributed by atoms with Crippen LogP contribution in [0.1, 0.15) is 21.1 Å². The number of thiazole rings is 1. The molecule has 0 aliphatic heterocycles. The number of carboxylic acid groups (broad SMARTS) is 1. The normalized spacial score (nSPS) is 10.4. The Morgan fingerprint density at radius 1 is 1.33 bits per heavy atom. The maximum atomic E-state index is 13.4. The van der Waals surface area contributed by atoms with Crippen molar-refractivity contribution in [3.63, 3.8) is 0 Å². The molecule has 0 radical (unpaired) electrons. The van der Waals surface area contributed by atoms with E-state index in [9.17, 15) is 18.4 Å². The number of carbonyl (C=O) groups is 2. The Labute approximate surface area is 122 Å². The van der Waals surface area contributed by atoms with Crippen LogP contribution in [0.3, 0.4) is 0 Å². The van der Waals surface area contributed by atoms with E-state index in [0.717, 1.165) is 29.5 Å². The van der Waals surface area contributed by atoms with Gasteiger partial charge in [0.2, 0.25) is 5.91 Å². The van der Waals surface area contributed by atoms with Crippen LogP contribution in [-0.4, -0.2) is 22.0 Å². The van der Waals surface area contributed by atoms with Crippen LogP contribution in [0, 0.1) is 11.6 Å². The van der Waals surface area contributed by atoms with Crippen LogP contribution in [0.2, 0.25) is 0 Å². The first kappa shape index (κ1) is 15.0. The highest BCUT2D eigenvalue weighted by molar-refractivity contribution is 7.09. The SMILES string of the molecule is O=C(Cc1cc(F)ccc1F)NCc1nc(C(=O)O)cs1. The first-order valence-electron chi connectivity index (χ1n) is 5.84. The Morgan fingerprint density at radius 3 is 2.76 bits per heavy atom. The second kappa shape index (κ2) is 6.40. The van der Waals surface area contributed by atoms with Crippen molar-refractivity contribution in [3.8, 4) is 0 Å². The van der Waals surface area contributed by atoms with E-state index < -0.39 is 23.5 Å². The van der Waals surface area contributed by atoms with Gasteiger partial charge in [-0.2, -0.15) is 0 Å². The van der Waals surface area contributed by atoms with E-state index in [1.807, 2.05) is 0 Å². The third-order valence-corrected chi connectivity index (χ3v) is 3.42. The number of nitrogens with zero attached hydrogens (tertiary/aromatic N) is 1. The highest BCUT2D eigenvalue weighted by Crippen LogP contribution is 2.11. The second-order valence-electron chi connectivity index (χ2n) is 4.12. The summed E-state index contributed by atoms with van der Waals surface area (Å²) < 4.78 is 26.3. The molecule has 0 bridgehead atoms. The molecule has 0 atom stereocenters. The fraction of sp³-hybridized carbons (Fsp3) is 0.154. The number of hydrogen-bond acceptors (Lipinski definition) is 4. The van der Waals surface area contributed by atoms with Gasteiger partial charge in [0, 0.05) is 10.9 Å². The lowest BCUT2D eigenvalue weighted by Gasteiger charge is -2.04. The number of halogens is 2. The first-order valence-corrected chi connectivity index (χ1v) is 6.72. The quantitative estimate of drug-likeness (QED) is 0.885. The van der Waals surface area contributed by atoms with Crippen molar-refractivity contribution in [2.45, 2.75) is 13.0 Å². The van der Waals surface area contributed by atoms with Crippen molar-refractivity contribution < 1.29 is 23.5 Å². The van der Waals surface area contributed by atoms with E-state index in [0.29, 0.717) is 5.01 Å². The summed E-state index contributed by atoms with van der Waals surface area (Å²) in [6, 6.07) is 2.89. The van der Waals surface area contributed by atoms with Gasteiger partial charge < -0.3 is 10.4 Å². The average Bonchev–Trinajstić information content (AvgIpc) is 2.90. The van der Waals surface area contributed by atoms with E-state index in [4.69, 9.17) is 5.11 Å². The van der Waals surface area contributed by atoms with Crippen LogP contribution in [0.5, 0.6) is 0 Å². The molecule has 0 saturated heterocycles. The minimum atomic E-state index is -1.15. The van der Waals surface area contributed by atoms with Gasteiger partial charge in [-0.05, 0) is 18.2 Å². The minimum absolute atomic E-state index is 0.0354. The van der Waals surface area contributed by atoms with E-state index in [2.05, 4.69) is 10.3 Å². The number of aromatic carboxylic acids is 1.